The minimum absolute atomic E-state index is 0.195. The molecule has 0 radical (unpaired) electrons. The Morgan fingerprint density at radius 2 is 1.32 bits per heavy atom. The van der Waals surface area contributed by atoms with Gasteiger partial charge in [-0.05, 0) is 54.7 Å². The summed E-state index contributed by atoms with van der Waals surface area (Å²) in [6, 6.07) is 14.8. The standard InChI is InChI=1S/C23H29N3O4S/c1-17-14-18(2)16-26(15-17)31(29,30)21-10-8-20(9-11-21)23(28)25-13-12-24-22(27)19-6-4-3-5-7-19/h3-11,17-18H,12-16H2,1-2H3,(H,24,27)(H,25,28). The van der Waals surface area contributed by atoms with Gasteiger partial charge in [0.15, 0.2) is 0 Å². The number of benzene rings is 2. The highest BCUT2D eigenvalue weighted by Crippen LogP contribution is 2.26. The first-order valence-electron chi connectivity index (χ1n) is 10.5. The molecule has 0 aromatic heterocycles. The lowest BCUT2D eigenvalue weighted by Gasteiger charge is -2.34. The molecular formula is C23H29N3O4S. The summed E-state index contributed by atoms with van der Waals surface area (Å²) in [6.45, 7) is 5.72. The molecule has 7 nitrogen and oxygen atoms in total. The number of sulfonamides is 1. The van der Waals surface area contributed by atoms with E-state index in [4.69, 9.17) is 0 Å². The molecule has 31 heavy (non-hydrogen) atoms. The number of carbonyl (C=O) groups is 2. The zero-order valence-electron chi connectivity index (χ0n) is 17.9. The van der Waals surface area contributed by atoms with Crippen LogP contribution in [0.4, 0.5) is 0 Å². The van der Waals surface area contributed by atoms with Gasteiger partial charge in [0.1, 0.15) is 0 Å². The molecule has 8 heteroatoms. The maximum absolute atomic E-state index is 12.9. The molecule has 1 fully saturated rings. The van der Waals surface area contributed by atoms with Gasteiger partial charge in [0.25, 0.3) is 11.8 Å². The summed E-state index contributed by atoms with van der Waals surface area (Å²) < 4.78 is 27.4. The molecule has 166 valence electrons. The third kappa shape index (κ3) is 5.92. The molecule has 0 bridgehead atoms. The number of hydrogen-bond donors (Lipinski definition) is 2. The van der Waals surface area contributed by atoms with Gasteiger partial charge >= 0.3 is 0 Å². The van der Waals surface area contributed by atoms with E-state index in [1.807, 2.05) is 6.07 Å². The molecule has 2 aromatic carbocycles. The van der Waals surface area contributed by atoms with E-state index in [0.29, 0.717) is 36.1 Å². The van der Waals surface area contributed by atoms with Crippen molar-refractivity contribution in [2.75, 3.05) is 26.2 Å². The largest absolute Gasteiger partial charge is 0.350 e. The van der Waals surface area contributed by atoms with Crippen molar-refractivity contribution in [1.82, 2.24) is 14.9 Å². The summed E-state index contributed by atoms with van der Waals surface area (Å²) in [5, 5.41) is 5.47. The monoisotopic (exact) mass is 443 g/mol. The molecule has 1 heterocycles. The SMILES string of the molecule is CC1CC(C)CN(S(=O)(=O)c2ccc(C(=O)NCCNC(=O)c3ccccc3)cc2)C1. The molecule has 2 unspecified atom stereocenters. The Labute approximate surface area is 183 Å². The number of rotatable bonds is 7. The normalized spacial score (nSPS) is 19.5. The van der Waals surface area contributed by atoms with Crippen LogP contribution in [0.5, 0.6) is 0 Å². The second kappa shape index (κ2) is 10.1. The number of hydrogen-bond acceptors (Lipinski definition) is 4. The van der Waals surface area contributed by atoms with Crippen molar-refractivity contribution in [3.63, 3.8) is 0 Å². The van der Waals surface area contributed by atoms with Crippen molar-refractivity contribution in [3.05, 3.63) is 65.7 Å². The van der Waals surface area contributed by atoms with E-state index >= 15 is 0 Å². The third-order valence-electron chi connectivity index (χ3n) is 5.32. The van der Waals surface area contributed by atoms with E-state index in [9.17, 15) is 18.0 Å². The van der Waals surface area contributed by atoms with Crippen LogP contribution in [-0.2, 0) is 10.0 Å². The first kappa shape index (κ1) is 23.0. The lowest BCUT2D eigenvalue weighted by atomic mass is 9.94. The maximum Gasteiger partial charge on any atom is 0.251 e. The van der Waals surface area contributed by atoms with Crippen molar-refractivity contribution < 1.29 is 18.0 Å². The molecule has 2 aromatic rings. The zero-order chi connectivity index (χ0) is 22.4. The molecule has 2 amide bonds. The Morgan fingerprint density at radius 1 is 0.839 bits per heavy atom. The fourth-order valence-corrected chi connectivity index (χ4v) is 5.55. The van der Waals surface area contributed by atoms with E-state index in [2.05, 4.69) is 24.5 Å². The van der Waals surface area contributed by atoms with Crippen LogP contribution < -0.4 is 10.6 Å². The molecule has 1 saturated heterocycles. The maximum atomic E-state index is 12.9. The molecule has 3 rings (SSSR count). The minimum Gasteiger partial charge on any atom is -0.350 e. The van der Waals surface area contributed by atoms with Crippen molar-refractivity contribution in [3.8, 4) is 0 Å². The Kier molecular flexibility index (Phi) is 7.46. The topological polar surface area (TPSA) is 95.6 Å². The van der Waals surface area contributed by atoms with Gasteiger partial charge in [0, 0.05) is 37.3 Å². The second-order valence-electron chi connectivity index (χ2n) is 8.17. The van der Waals surface area contributed by atoms with Gasteiger partial charge < -0.3 is 10.6 Å². The first-order valence-corrected chi connectivity index (χ1v) is 11.9. The van der Waals surface area contributed by atoms with Crippen LogP contribution in [0.15, 0.2) is 59.5 Å². The lowest BCUT2D eigenvalue weighted by molar-refractivity contribution is 0.0927. The molecule has 0 aliphatic carbocycles. The lowest BCUT2D eigenvalue weighted by Crippen LogP contribution is -2.42. The van der Waals surface area contributed by atoms with Crippen LogP contribution >= 0.6 is 0 Å². The second-order valence-corrected chi connectivity index (χ2v) is 10.1. The predicted octanol–water partition coefficient (Wildman–Crippen LogP) is 2.51. The molecule has 2 N–H and O–H groups in total. The molecule has 2 atom stereocenters. The summed E-state index contributed by atoms with van der Waals surface area (Å²) in [4.78, 5) is 24.5. The van der Waals surface area contributed by atoms with Crippen molar-refractivity contribution in [1.29, 1.82) is 0 Å². The highest BCUT2D eigenvalue weighted by atomic mass is 32.2. The quantitative estimate of drug-likeness (QED) is 0.643. The van der Waals surface area contributed by atoms with Gasteiger partial charge in [-0.15, -0.1) is 0 Å². The van der Waals surface area contributed by atoms with Crippen LogP contribution in [0, 0.1) is 11.8 Å². The predicted molar refractivity (Wildman–Crippen MR) is 119 cm³/mol. The Hall–Kier alpha value is -2.71. The van der Waals surface area contributed by atoms with Gasteiger partial charge in [0.05, 0.1) is 4.90 Å². The van der Waals surface area contributed by atoms with Crippen molar-refractivity contribution in [2.24, 2.45) is 11.8 Å². The van der Waals surface area contributed by atoms with Crippen molar-refractivity contribution in [2.45, 2.75) is 25.2 Å². The van der Waals surface area contributed by atoms with Crippen LogP contribution in [0.2, 0.25) is 0 Å². The minimum atomic E-state index is -3.57. The van der Waals surface area contributed by atoms with E-state index in [-0.39, 0.29) is 29.8 Å². The average Bonchev–Trinajstić information content (AvgIpc) is 2.76. The summed E-state index contributed by atoms with van der Waals surface area (Å²) in [6.07, 6.45) is 1.02. The number of carbonyl (C=O) groups excluding carboxylic acids is 2. The van der Waals surface area contributed by atoms with E-state index in [0.717, 1.165) is 6.42 Å². The first-order chi connectivity index (χ1) is 14.8. The fraction of sp³-hybridized carbons (Fsp3) is 0.391. The molecule has 1 aliphatic rings. The van der Waals surface area contributed by atoms with Gasteiger partial charge in [-0.3, -0.25) is 9.59 Å². The Morgan fingerprint density at radius 3 is 1.84 bits per heavy atom. The van der Waals surface area contributed by atoms with Crippen LogP contribution in [-0.4, -0.2) is 50.7 Å². The fourth-order valence-electron chi connectivity index (χ4n) is 3.88. The summed E-state index contributed by atoms with van der Waals surface area (Å²) in [5.41, 5.74) is 0.928. The smallest absolute Gasteiger partial charge is 0.251 e. The van der Waals surface area contributed by atoms with Crippen LogP contribution in [0.3, 0.4) is 0 Å². The van der Waals surface area contributed by atoms with Crippen LogP contribution in [0.25, 0.3) is 0 Å². The third-order valence-corrected chi connectivity index (χ3v) is 7.17. The Bertz CT molecular complexity index is 997. The zero-order valence-corrected chi connectivity index (χ0v) is 18.7. The highest BCUT2D eigenvalue weighted by Gasteiger charge is 2.31. The molecular weight excluding hydrogens is 414 g/mol. The van der Waals surface area contributed by atoms with Crippen LogP contribution in [0.1, 0.15) is 41.0 Å². The van der Waals surface area contributed by atoms with Gasteiger partial charge in [-0.25, -0.2) is 8.42 Å². The summed E-state index contributed by atoms with van der Waals surface area (Å²) in [5.74, 6) is 0.126. The number of amides is 2. The highest BCUT2D eigenvalue weighted by molar-refractivity contribution is 7.89. The number of nitrogens with zero attached hydrogens (tertiary/aromatic N) is 1. The molecule has 0 saturated carbocycles. The van der Waals surface area contributed by atoms with E-state index in [1.165, 1.54) is 28.6 Å². The van der Waals surface area contributed by atoms with E-state index in [1.54, 1.807) is 24.3 Å². The summed E-state index contributed by atoms with van der Waals surface area (Å²) in [7, 11) is -3.57. The van der Waals surface area contributed by atoms with E-state index < -0.39 is 10.0 Å². The number of nitrogens with one attached hydrogen (secondary N) is 2. The summed E-state index contributed by atoms with van der Waals surface area (Å²) >= 11 is 0. The number of piperidine rings is 1. The average molecular weight is 444 g/mol. The van der Waals surface area contributed by atoms with Gasteiger partial charge in [-0.1, -0.05) is 32.0 Å². The Balaban J connectivity index is 1.52. The molecule has 0 spiro atoms. The van der Waals surface area contributed by atoms with Gasteiger partial charge in [0.2, 0.25) is 10.0 Å². The van der Waals surface area contributed by atoms with Crippen molar-refractivity contribution >= 4 is 21.8 Å². The molecule has 1 aliphatic heterocycles. The van der Waals surface area contributed by atoms with Gasteiger partial charge in [-0.2, -0.15) is 4.31 Å².